The molecule has 0 radical (unpaired) electrons. The molecule has 0 unspecified atom stereocenters. The molecular formula is C22H26FN3O. The van der Waals surface area contributed by atoms with E-state index in [9.17, 15) is 9.18 Å². The monoisotopic (exact) mass is 367 g/mol. The van der Waals surface area contributed by atoms with Crippen LogP contribution in [-0.2, 0) is 10.2 Å². The Balaban J connectivity index is 1.89. The van der Waals surface area contributed by atoms with E-state index in [1.54, 1.807) is 12.1 Å². The Hall–Kier alpha value is -2.69. The molecule has 0 saturated heterocycles. The fraction of sp³-hybridized carbons (Fsp3) is 0.364. The van der Waals surface area contributed by atoms with Crippen LogP contribution in [-0.4, -0.2) is 15.5 Å². The van der Waals surface area contributed by atoms with Gasteiger partial charge in [-0.3, -0.25) is 4.79 Å². The molecule has 3 aromatic rings. The average molecular weight is 367 g/mol. The SMILES string of the molecule is CC(C)n1c([C@H](C)NC(=O)C(C)(C)c2ccc(F)cc2)nc2ccccc21. The highest BCUT2D eigenvalue weighted by Gasteiger charge is 2.32. The molecule has 1 N–H and O–H groups in total. The van der Waals surface area contributed by atoms with Crippen LogP contribution in [0.25, 0.3) is 11.0 Å². The largest absolute Gasteiger partial charge is 0.346 e. The zero-order chi connectivity index (χ0) is 19.8. The highest BCUT2D eigenvalue weighted by Crippen LogP contribution is 2.28. The third-order valence-electron chi connectivity index (χ3n) is 5.01. The zero-order valence-electron chi connectivity index (χ0n) is 16.5. The zero-order valence-corrected chi connectivity index (χ0v) is 16.5. The van der Waals surface area contributed by atoms with Crippen LogP contribution >= 0.6 is 0 Å². The van der Waals surface area contributed by atoms with Crippen LogP contribution in [0.4, 0.5) is 4.39 Å². The highest BCUT2D eigenvalue weighted by atomic mass is 19.1. The van der Waals surface area contributed by atoms with E-state index in [2.05, 4.69) is 23.7 Å². The van der Waals surface area contributed by atoms with Crippen molar-refractivity contribution < 1.29 is 9.18 Å². The number of halogens is 1. The predicted octanol–water partition coefficient (Wildman–Crippen LogP) is 4.91. The Morgan fingerprint density at radius 3 is 2.33 bits per heavy atom. The van der Waals surface area contributed by atoms with Crippen LogP contribution in [0.5, 0.6) is 0 Å². The van der Waals surface area contributed by atoms with Crippen LogP contribution in [0.15, 0.2) is 48.5 Å². The molecule has 0 saturated carbocycles. The maximum absolute atomic E-state index is 13.2. The van der Waals surface area contributed by atoms with Gasteiger partial charge in [0.2, 0.25) is 5.91 Å². The second-order valence-electron chi connectivity index (χ2n) is 7.75. The molecule has 3 rings (SSSR count). The second-order valence-corrected chi connectivity index (χ2v) is 7.75. The Labute approximate surface area is 159 Å². The first kappa shape index (κ1) is 19.1. The van der Waals surface area contributed by atoms with Crippen LogP contribution < -0.4 is 5.32 Å². The molecule has 0 bridgehead atoms. The second kappa shape index (κ2) is 7.14. The highest BCUT2D eigenvalue weighted by molar-refractivity contribution is 5.87. The summed E-state index contributed by atoms with van der Waals surface area (Å²) in [5.74, 6) is 0.396. The Kier molecular flexibility index (Phi) is 5.05. The van der Waals surface area contributed by atoms with Gasteiger partial charge in [-0.2, -0.15) is 0 Å². The molecule has 1 aromatic heterocycles. The number of aromatic nitrogens is 2. The number of amides is 1. The maximum Gasteiger partial charge on any atom is 0.230 e. The molecule has 1 amide bonds. The number of rotatable bonds is 5. The van der Waals surface area contributed by atoms with Gasteiger partial charge in [0.25, 0.3) is 0 Å². The first-order valence-electron chi connectivity index (χ1n) is 9.25. The third-order valence-corrected chi connectivity index (χ3v) is 5.01. The lowest BCUT2D eigenvalue weighted by atomic mass is 9.83. The molecule has 2 aromatic carbocycles. The van der Waals surface area contributed by atoms with Crippen molar-refractivity contribution in [2.75, 3.05) is 0 Å². The van der Waals surface area contributed by atoms with Gasteiger partial charge in [-0.1, -0.05) is 24.3 Å². The van der Waals surface area contributed by atoms with E-state index in [1.165, 1.54) is 12.1 Å². The number of hydrogen-bond donors (Lipinski definition) is 1. The molecular weight excluding hydrogens is 341 g/mol. The van der Waals surface area contributed by atoms with Crippen LogP contribution in [0, 0.1) is 5.82 Å². The molecule has 0 aliphatic rings. The van der Waals surface area contributed by atoms with Crippen LogP contribution in [0.3, 0.4) is 0 Å². The number of carbonyl (C=O) groups excluding carboxylic acids is 1. The molecule has 0 fully saturated rings. The summed E-state index contributed by atoms with van der Waals surface area (Å²) in [6, 6.07) is 14.0. The number of hydrogen-bond acceptors (Lipinski definition) is 2. The van der Waals surface area contributed by atoms with Crippen molar-refractivity contribution in [2.24, 2.45) is 0 Å². The van der Waals surface area contributed by atoms with E-state index in [0.717, 1.165) is 22.4 Å². The summed E-state index contributed by atoms with van der Waals surface area (Å²) in [5.41, 5.74) is 1.96. The third kappa shape index (κ3) is 3.59. The molecule has 4 nitrogen and oxygen atoms in total. The maximum atomic E-state index is 13.2. The smallest absolute Gasteiger partial charge is 0.230 e. The van der Waals surface area contributed by atoms with Crippen molar-refractivity contribution in [3.8, 4) is 0 Å². The number of nitrogens with zero attached hydrogens (tertiary/aromatic N) is 2. The minimum Gasteiger partial charge on any atom is -0.346 e. The number of nitrogens with one attached hydrogen (secondary N) is 1. The molecule has 27 heavy (non-hydrogen) atoms. The lowest BCUT2D eigenvalue weighted by Gasteiger charge is -2.27. The summed E-state index contributed by atoms with van der Waals surface area (Å²) in [7, 11) is 0. The van der Waals surface area contributed by atoms with E-state index in [4.69, 9.17) is 4.98 Å². The molecule has 0 aliphatic carbocycles. The van der Waals surface area contributed by atoms with Gasteiger partial charge in [0.05, 0.1) is 22.5 Å². The fourth-order valence-electron chi connectivity index (χ4n) is 3.35. The molecule has 0 aliphatic heterocycles. The van der Waals surface area contributed by atoms with Crippen molar-refractivity contribution in [3.63, 3.8) is 0 Å². The van der Waals surface area contributed by atoms with E-state index in [-0.39, 0.29) is 23.8 Å². The Morgan fingerprint density at radius 2 is 1.70 bits per heavy atom. The number of carbonyl (C=O) groups is 1. The fourth-order valence-corrected chi connectivity index (χ4v) is 3.35. The first-order valence-corrected chi connectivity index (χ1v) is 9.25. The van der Waals surface area contributed by atoms with Gasteiger partial charge in [-0.05, 0) is 64.4 Å². The standard InChI is InChI=1S/C22H26FN3O/c1-14(2)26-19-9-7-6-8-18(19)25-20(26)15(3)24-21(27)22(4,5)16-10-12-17(23)13-11-16/h6-15H,1-5H3,(H,24,27)/t15-/m0/s1. The van der Waals surface area contributed by atoms with Crippen molar-refractivity contribution in [2.45, 2.75) is 52.1 Å². The Morgan fingerprint density at radius 1 is 1.07 bits per heavy atom. The van der Waals surface area contributed by atoms with E-state index >= 15 is 0 Å². The normalized spacial score (nSPS) is 13.1. The van der Waals surface area contributed by atoms with E-state index in [1.807, 2.05) is 45.0 Å². The number of para-hydroxylation sites is 2. The summed E-state index contributed by atoms with van der Waals surface area (Å²) >= 11 is 0. The molecule has 1 heterocycles. The van der Waals surface area contributed by atoms with Gasteiger partial charge in [-0.25, -0.2) is 9.37 Å². The molecule has 142 valence electrons. The number of imidazole rings is 1. The summed E-state index contributed by atoms with van der Waals surface area (Å²) in [4.78, 5) is 17.7. The van der Waals surface area contributed by atoms with E-state index < -0.39 is 5.41 Å². The summed E-state index contributed by atoms with van der Waals surface area (Å²) in [6.07, 6.45) is 0. The van der Waals surface area contributed by atoms with Gasteiger partial charge >= 0.3 is 0 Å². The summed E-state index contributed by atoms with van der Waals surface area (Å²) in [6.45, 7) is 9.84. The van der Waals surface area contributed by atoms with Gasteiger partial charge in [0, 0.05) is 6.04 Å². The summed E-state index contributed by atoms with van der Waals surface area (Å²) < 4.78 is 15.4. The number of benzene rings is 2. The lowest BCUT2D eigenvalue weighted by molar-refractivity contribution is -0.126. The van der Waals surface area contributed by atoms with Crippen molar-refractivity contribution >= 4 is 16.9 Å². The first-order chi connectivity index (χ1) is 12.7. The average Bonchev–Trinajstić information content (AvgIpc) is 3.02. The van der Waals surface area contributed by atoms with Crippen molar-refractivity contribution in [1.82, 2.24) is 14.9 Å². The van der Waals surface area contributed by atoms with Gasteiger partial charge < -0.3 is 9.88 Å². The number of fused-ring (bicyclic) bond motifs is 1. The minimum absolute atomic E-state index is 0.121. The topological polar surface area (TPSA) is 46.9 Å². The quantitative estimate of drug-likeness (QED) is 0.696. The molecule has 1 atom stereocenters. The van der Waals surface area contributed by atoms with Crippen molar-refractivity contribution in [1.29, 1.82) is 0 Å². The summed E-state index contributed by atoms with van der Waals surface area (Å²) in [5, 5.41) is 3.09. The van der Waals surface area contributed by atoms with Crippen LogP contribution in [0.2, 0.25) is 0 Å². The van der Waals surface area contributed by atoms with E-state index in [0.29, 0.717) is 0 Å². The molecule has 0 spiro atoms. The van der Waals surface area contributed by atoms with Crippen LogP contribution in [0.1, 0.15) is 58.1 Å². The minimum atomic E-state index is -0.781. The van der Waals surface area contributed by atoms with Gasteiger partial charge in [-0.15, -0.1) is 0 Å². The predicted molar refractivity (Wildman–Crippen MR) is 106 cm³/mol. The lowest BCUT2D eigenvalue weighted by Crippen LogP contribution is -2.41. The van der Waals surface area contributed by atoms with Crippen molar-refractivity contribution in [3.05, 3.63) is 65.7 Å². The molecule has 5 heteroatoms. The Bertz CT molecular complexity index is 957. The van der Waals surface area contributed by atoms with Gasteiger partial charge in [0.1, 0.15) is 11.6 Å². The van der Waals surface area contributed by atoms with Gasteiger partial charge in [0.15, 0.2) is 0 Å².